The molecule has 5 nitrogen and oxygen atoms in total. The molecule has 0 atom stereocenters. The van der Waals surface area contributed by atoms with Gasteiger partial charge in [0.15, 0.2) is 5.16 Å². The Balaban J connectivity index is 1.58. The molecule has 0 unspecified atom stereocenters. The summed E-state index contributed by atoms with van der Waals surface area (Å²) in [6.45, 7) is 0.261. The molecule has 0 aliphatic rings. The van der Waals surface area contributed by atoms with Crippen LogP contribution in [0, 0.1) is 11.6 Å². The Hall–Kier alpha value is -3.04. The van der Waals surface area contributed by atoms with Gasteiger partial charge in [0.1, 0.15) is 16.3 Å². The van der Waals surface area contributed by atoms with Crippen LogP contribution in [0.1, 0.15) is 11.1 Å². The van der Waals surface area contributed by atoms with E-state index in [4.69, 9.17) is 0 Å². The average Bonchev–Trinajstić information content (AvgIpc) is 3.39. The summed E-state index contributed by atoms with van der Waals surface area (Å²) in [4.78, 5) is 13.1. The van der Waals surface area contributed by atoms with E-state index >= 15 is 0 Å². The number of halogens is 2. The fourth-order valence-electron chi connectivity index (χ4n) is 3.24. The maximum Gasteiger partial charge on any atom is 0.273 e. The SMILES string of the molecule is O=c1c2sccc2n2c(SCc3ccc(F)cc3)nnc2n1Cc1ccc(F)cc1. The lowest BCUT2D eigenvalue weighted by atomic mass is 10.2. The summed E-state index contributed by atoms with van der Waals surface area (Å²) >= 11 is 2.83. The van der Waals surface area contributed by atoms with Crippen molar-refractivity contribution in [2.45, 2.75) is 17.5 Å². The highest BCUT2D eigenvalue weighted by atomic mass is 32.2. The summed E-state index contributed by atoms with van der Waals surface area (Å²) in [5, 5.41) is 11.1. The molecule has 150 valence electrons. The van der Waals surface area contributed by atoms with Gasteiger partial charge in [-0.15, -0.1) is 21.5 Å². The third-order valence-corrected chi connectivity index (χ3v) is 6.61. The normalized spacial score (nSPS) is 11.5. The second-order valence-corrected chi connectivity index (χ2v) is 8.54. The Morgan fingerprint density at radius 2 is 1.57 bits per heavy atom. The van der Waals surface area contributed by atoms with Gasteiger partial charge < -0.3 is 0 Å². The molecule has 0 N–H and O–H groups in total. The van der Waals surface area contributed by atoms with Gasteiger partial charge in [-0.2, -0.15) is 0 Å². The van der Waals surface area contributed by atoms with Gasteiger partial charge in [-0.25, -0.2) is 8.78 Å². The van der Waals surface area contributed by atoms with E-state index in [0.717, 1.165) is 16.6 Å². The number of nitrogens with zero attached hydrogens (tertiary/aromatic N) is 4. The van der Waals surface area contributed by atoms with Gasteiger partial charge >= 0.3 is 0 Å². The summed E-state index contributed by atoms with van der Waals surface area (Å²) in [7, 11) is 0. The van der Waals surface area contributed by atoms with Gasteiger partial charge in [0.25, 0.3) is 5.56 Å². The van der Waals surface area contributed by atoms with Gasteiger partial charge in [-0.05, 0) is 46.8 Å². The van der Waals surface area contributed by atoms with Gasteiger partial charge in [-0.3, -0.25) is 13.8 Å². The van der Waals surface area contributed by atoms with Crippen LogP contribution in [0.4, 0.5) is 8.78 Å². The number of benzene rings is 2. The molecule has 0 saturated carbocycles. The topological polar surface area (TPSA) is 52.2 Å². The number of fused-ring (bicyclic) bond motifs is 3. The van der Waals surface area contributed by atoms with E-state index in [9.17, 15) is 13.6 Å². The third-order valence-electron chi connectivity index (χ3n) is 4.72. The minimum absolute atomic E-state index is 0.153. The number of hydrogen-bond acceptors (Lipinski definition) is 5. The van der Waals surface area contributed by atoms with Gasteiger partial charge in [0, 0.05) is 5.75 Å². The molecule has 0 spiro atoms. The first kappa shape index (κ1) is 19.0. The lowest BCUT2D eigenvalue weighted by Crippen LogP contribution is -2.23. The van der Waals surface area contributed by atoms with Crippen molar-refractivity contribution in [1.29, 1.82) is 0 Å². The molecule has 0 bridgehead atoms. The van der Waals surface area contributed by atoms with Crippen LogP contribution < -0.4 is 5.56 Å². The zero-order chi connectivity index (χ0) is 20.7. The first-order valence-electron chi connectivity index (χ1n) is 9.07. The molecule has 0 aliphatic carbocycles. The second kappa shape index (κ2) is 7.66. The van der Waals surface area contributed by atoms with E-state index in [1.54, 1.807) is 28.8 Å². The standard InChI is InChI=1S/C21H14F2N4OS2/c22-15-5-1-13(2-6-15)11-26-19(28)18-17(9-10-29-18)27-20(26)24-25-21(27)30-12-14-3-7-16(23)8-4-14/h1-10H,11-12H2. The molecule has 9 heteroatoms. The minimum Gasteiger partial charge on any atom is -0.271 e. The van der Waals surface area contributed by atoms with Crippen LogP contribution >= 0.6 is 23.1 Å². The van der Waals surface area contributed by atoms with Gasteiger partial charge in [-0.1, -0.05) is 36.0 Å². The number of rotatable bonds is 5. The number of thioether (sulfide) groups is 1. The van der Waals surface area contributed by atoms with Crippen molar-refractivity contribution in [3.63, 3.8) is 0 Å². The highest BCUT2D eigenvalue weighted by Gasteiger charge is 2.18. The summed E-state index contributed by atoms with van der Waals surface area (Å²) in [5.41, 5.74) is 2.35. The summed E-state index contributed by atoms with van der Waals surface area (Å²) in [5.74, 6) is 0.411. The molecule has 0 saturated heterocycles. The van der Waals surface area contributed by atoms with E-state index in [0.29, 0.717) is 21.4 Å². The fraction of sp³-hybridized carbons (Fsp3) is 0.0952. The smallest absolute Gasteiger partial charge is 0.271 e. The molecule has 0 fully saturated rings. The molecule has 0 amide bonds. The number of hydrogen-bond donors (Lipinski definition) is 0. The molecule has 2 aromatic carbocycles. The highest BCUT2D eigenvalue weighted by molar-refractivity contribution is 7.98. The predicted octanol–water partition coefficient (Wildman–Crippen LogP) is 4.72. The zero-order valence-corrected chi connectivity index (χ0v) is 17.1. The van der Waals surface area contributed by atoms with Crippen LogP contribution in [-0.2, 0) is 12.3 Å². The Kier molecular flexibility index (Phi) is 4.84. The van der Waals surface area contributed by atoms with Gasteiger partial charge in [0.05, 0.1) is 12.1 Å². The fourth-order valence-corrected chi connectivity index (χ4v) is 4.96. The van der Waals surface area contributed by atoms with E-state index in [1.165, 1.54) is 47.4 Å². The van der Waals surface area contributed by atoms with Crippen LogP contribution in [-0.4, -0.2) is 19.2 Å². The Morgan fingerprint density at radius 3 is 2.27 bits per heavy atom. The van der Waals surface area contributed by atoms with Crippen molar-refractivity contribution in [2.24, 2.45) is 0 Å². The third kappa shape index (κ3) is 3.40. The summed E-state index contributed by atoms with van der Waals surface area (Å²) in [6.07, 6.45) is 0. The summed E-state index contributed by atoms with van der Waals surface area (Å²) < 4.78 is 30.4. The monoisotopic (exact) mass is 440 g/mol. The minimum atomic E-state index is -0.327. The van der Waals surface area contributed by atoms with E-state index in [1.807, 2.05) is 15.8 Å². The first-order valence-corrected chi connectivity index (χ1v) is 10.9. The zero-order valence-electron chi connectivity index (χ0n) is 15.5. The molecule has 0 radical (unpaired) electrons. The predicted molar refractivity (Wildman–Crippen MR) is 114 cm³/mol. The summed E-state index contributed by atoms with van der Waals surface area (Å²) in [6, 6.07) is 14.2. The largest absolute Gasteiger partial charge is 0.273 e. The average molecular weight is 441 g/mol. The second-order valence-electron chi connectivity index (χ2n) is 6.69. The van der Waals surface area contributed by atoms with Crippen molar-refractivity contribution in [2.75, 3.05) is 0 Å². The Bertz CT molecular complexity index is 1410. The van der Waals surface area contributed by atoms with E-state index in [2.05, 4.69) is 10.2 Å². The lowest BCUT2D eigenvalue weighted by molar-refractivity contribution is 0.626. The Morgan fingerprint density at radius 1 is 0.900 bits per heavy atom. The maximum atomic E-state index is 13.3. The molecule has 5 rings (SSSR count). The molecule has 3 heterocycles. The van der Waals surface area contributed by atoms with Crippen molar-refractivity contribution in [3.8, 4) is 0 Å². The van der Waals surface area contributed by atoms with E-state index < -0.39 is 0 Å². The van der Waals surface area contributed by atoms with Crippen molar-refractivity contribution < 1.29 is 8.78 Å². The number of aromatic nitrogens is 4. The molecule has 0 aliphatic heterocycles. The maximum absolute atomic E-state index is 13.3. The van der Waals surface area contributed by atoms with Crippen LogP contribution in [0.2, 0.25) is 0 Å². The molecular formula is C21H14F2N4OS2. The quantitative estimate of drug-likeness (QED) is 0.371. The molecule has 3 aromatic heterocycles. The van der Waals surface area contributed by atoms with Crippen LogP contribution in [0.3, 0.4) is 0 Å². The van der Waals surface area contributed by atoms with Crippen LogP contribution in [0.5, 0.6) is 0 Å². The highest BCUT2D eigenvalue weighted by Crippen LogP contribution is 2.26. The van der Waals surface area contributed by atoms with Gasteiger partial charge in [0.2, 0.25) is 5.78 Å². The van der Waals surface area contributed by atoms with Crippen LogP contribution in [0.15, 0.2) is 69.9 Å². The number of thiophene rings is 1. The van der Waals surface area contributed by atoms with Crippen molar-refractivity contribution >= 4 is 39.1 Å². The first-order chi connectivity index (χ1) is 14.6. The molecule has 30 heavy (non-hydrogen) atoms. The van der Waals surface area contributed by atoms with Crippen LogP contribution in [0.25, 0.3) is 16.0 Å². The molecule has 5 aromatic rings. The Labute approximate surface area is 177 Å². The lowest BCUT2D eigenvalue weighted by Gasteiger charge is -2.09. The van der Waals surface area contributed by atoms with Crippen molar-refractivity contribution in [3.05, 3.63) is 93.1 Å². The van der Waals surface area contributed by atoms with Crippen molar-refractivity contribution in [1.82, 2.24) is 19.2 Å². The molecular weight excluding hydrogens is 426 g/mol. The van der Waals surface area contributed by atoms with E-state index in [-0.39, 0.29) is 23.7 Å².